The maximum Gasteiger partial charge on any atom is 0.0948 e. The second kappa shape index (κ2) is 9.81. The first-order valence-electron chi connectivity index (χ1n) is 12.8. The number of piperazine rings is 1. The fourth-order valence-corrected chi connectivity index (χ4v) is 5.60. The Labute approximate surface area is 206 Å². The largest absolute Gasteiger partial charge is 0.372 e. The maximum absolute atomic E-state index is 9.59. The normalized spacial score (nSPS) is 22.8. The van der Waals surface area contributed by atoms with E-state index in [9.17, 15) is 5.26 Å². The molecule has 3 aliphatic rings. The summed E-state index contributed by atoms with van der Waals surface area (Å²) in [5.41, 5.74) is 12.3. The molecule has 1 atom stereocenters. The van der Waals surface area contributed by atoms with Crippen molar-refractivity contribution in [1.82, 2.24) is 14.7 Å². The molecule has 1 unspecified atom stereocenters. The Morgan fingerprint density at radius 2 is 1.91 bits per heavy atom. The predicted octanol–water partition coefficient (Wildman–Crippen LogP) is 3.76. The minimum Gasteiger partial charge on any atom is -0.372 e. The molecular formula is C28H42N6. The van der Waals surface area contributed by atoms with Gasteiger partial charge in [-0.3, -0.25) is 9.89 Å². The third kappa shape index (κ3) is 5.71. The number of nitrogens with zero attached hydrogens (tertiary/aromatic N) is 5. The zero-order valence-electron chi connectivity index (χ0n) is 21.8. The highest BCUT2D eigenvalue weighted by molar-refractivity contribution is 6.09. The summed E-state index contributed by atoms with van der Waals surface area (Å²) >= 11 is 0. The van der Waals surface area contributed by atoms with Crippen LogP contribution in [0.1, 0.15) is 63.6 Å². The topological polar surface area (TPSA) is 71.9 Å². The fourth-order valence-electron chi connectivity index (χ4n) is 5.60. The van der Waals surface area contributed by atoms with Crippen LogP contribution in [0.4, 0.5) is 0 Å². The molecule has 0 bridgehead atoms. The lowest BCUT2D eigenvalue weighted by molar-refractivity contribution is 0.125. The molecule has 1 saturated heterocycles. The number of fused-ring (bicyclic) bond motifs is 1. The average molecular weight is 463 g/mol. The van der Waals surface area contributed by atoms with Crippen molar-refractivity contribution in [1.29, 1.82) is 5.26 Å². The molecule has 6 heteroatoms. The highest BCUT2D eigenvalue weighted by atomic mass is 15.3. The number of hydrogen-bond acceptors (Lipinski definition) is 6. The number of hydrogen-bond donors (Lipinski definition) is 1. The number of allylic oxidation sites excluding steroid dienone is 2. The van der Waals surface area contributed by atoms with Gasteiger partial charge in [-0.1, -0.05) is 12.1 Å². The Hall–Kier alpha value is -2.20. The first-order chi connectivity index (χ1) is 16.1. The molecule has 2 N–H and O–H groups in total. The van der Waals surface area contributed by atoms with Gasteiger partial charge in [-0.05, 0) is 83.7 Å². The molecule has 2 heterocycles. The standard InChI is InChI=1S/C28H42N6/c1-21(33-14-12-32(5)13-15-33)16-26(31-22(2)30)24-7-6-23-8-11-34(18-25(23)17-24)28(9-10-28)19-27(3,4)20-29/h6-7,16-17,22H,8-15,18-19,30H2,1-5H3/b21-16+,31-26+. The van der Waals surface area contributed by atoms with Crippen LogP contribution in [-0.2, 0) is 13.0 Å². The Kier molecular flexibility index (Phi) is 7.19. The van der Waals surface area contributed by atoms with Crippen LogP contribution < -0.4 is 5.73 Å². The number of benzene rings is 1. The van der Waals surface area contributed by atoms with E-state index in [1.54, 1.807) is 0 Å². The summed E-state index contributed by atoms with van der Waals surface area (Å²) in [6.07, 6.45) is 6.40. The molecule has 0 spiro atoms. The molecule has 1 aliphatic carbocycles. The van der Waals surface area contributed by atoms with Crippen LogP contribution in [0.2, 0.25) is 0 Å². The second-order valence-corrected chi connectivity index (χ2v) is 11.4. The van der Waals surface area contributed by atoms with Crippen LogP contribution in [0, 0.1) is 16.7 Å². The minimum atomic E-state index is -0.276. The monoisotopic (exact) mass is 462 g/mol. The average Bonchev–Trinajstić information content (AvgIpc) is 3.58. The molecule has 184 valence electrons. The highest BCUT2D eigenvalue weighted by Gasteiger charge is 2.51. The van der Waals surface area contributed by atoms with Gasteiger partial charge in [0.1, 0.15) is 0 Å². The molecule has 34 heavy (non-hydrogen) atoms. The lowest BCUT2D eigenvalue weighted by atomic mass is 9.84. The molecule has 2 aliphatic heterocycles. The minimum absolute atomic E-state index is 0.202. The Bertz CT molecular complexity index is 987. The Morgan fingerprint density at radius 1 is 1.21 bits per heavy atom. The van der Waals surface area contributed by atoms with Crippen molar-refractivity contribution in [3.63, 3.8) is 0 Å². The van der Waals surface area contributed by atoms with Gasteiger partial charge in [0.15, 0.2) is 0 Å². The highest BCUT2D eigenvalue weighted by Crippen LogP contribution is 2.50. The number of nitriles is 1. The van der Waals surface area contributed by atoms with E-state index in [1.165, 1.54) is 29.7 Å². The fraction of sp³-hybridized carbons (Fsp3) is 0.643. The van der Waals surface area contributed by atoms with Crippen molar-refractivity contribution in [2.45, 2.75) is 71.6 Å². The Morgan fingerprint density at radius 3 is 2.53 bits per heavy atom. The van der Waals surface area contributed by atoms with Crippen LogP contribution in [0.25, 0.3) is 0 Å². The van der Waals surface area contributed by atoms with Crippen molar-refractivity contribution in [3.05, 3.63) is 46.7 Å². The molecule has 4 rings (SSSR count). The van der Waals surface area contributed by atoms with Crippen LogP contribution in [0.3, 0.4) is 0 Å². The van der Waals surface area contributed by atoms with Crippen molar-refractivity contribution >= 4 is 5.71 Å². The third-order valence-electron chi connectivity index (χ3n) is 7.78. The van der Waals surface area contributed by atoms with E-state index in [-0.39, 0.29) is 17.1 Å². The molecule has 1 aromatic carbocycles. The van der Waals surface area contributed by atoms with Gasteiger partial charge in [0.05, 0.1) is 23.4 Å². The van der Waals surface area contributed by atoms with Crippen LogP contribution in [-0.4, -0.2) is 71.9 Å². The Balaban J connectivity index is 1.56. The number of nitrogens with two attached hydrogens (primary N) is 1. The first-order valence-corrected chi connectivity index (χ1v) is 12.8. The van der Waals surface area contributed by atoms with Gasteiger partial charge in [0.2, 0.25) is 0 Å². The van der Waals surface area contributed by atoms with Gasteiger partial charge in [-0.15, -0.1) is 0 Å². The van der Waals surface area contributed by atoms with Gasteiger partial charge in [-0.25, -0.2) is 0 Å². The van der Waals surface area contributed by atoms with Gasteiger partial charge in [0, 0.05) is 56.1 Å². The van der Waals surface area contributed by atoms with E-state index < -0.39 is 0 Å². The van der Waals surface area contributed by atoms with E-state index in [2.05, 4.69) is 72.9 Å². The third-order valence-corrected chi connectivity index (χ3v) is 7.78. The molecule has 0 amide bonds. The van der Waals surface area contributed by atoms with E-state index in [4.69, 9.17) is 10.7 Å². The lowest BCUT2D eigenvalue weighted by Gasteiger charge is -2.38. The zero-order valence-corrected chi connectivity index (χ0v) is 21.8. The molecule has 0 radical (unpaired) electrons. The summed E-state index contributed by atoms with van der Waals surface area (Å²) in [6, 6.07) is 9.36. The van der Waals surface area contributed by atoms with Gasteiger partial charge in [0.25, 0.3) is 0 Å². The lowest BCUT2D eigenvalue weighted by Crippen LogP contribution is -2.43. The predicted molar refractivity (Wildman–Crippen MR) is 140 cm³/mol. The molecular weight excluding hydrogens is 420 g/mol. The van der Waals surface area contributed by atoms with Crippen LogP contribution in [0.15, 0.2) is 35.0 Å². The SMILES string of the molecule is C/C(=C\C(=N/C(C)N)c1ccc2c(c1)CN(C1(CC(C)(C)C#N)CC1)CC2)N1CCN(C)CC1. The first kappa shape index (κ1) is 24.9. The van der Waals surface area contributed by atoms with E-state index >= 15 is 0 Å². The molecule has 0 aromatic heterocycles. The molecule has 1 saturated carbocycles. The number of likely N-dealkylation sites (N-methyl/N-ethyl adjacent to an activating group) is 1. The summed E-state index contributed by atoms with van der Waals surface area (Å²) in [5, 5.41) is 9.59. The van der Waals surface area contributed by atoms with Gasteiger partial charge in [-0.2, -0.15) is 5.26 Å². The van der Waals surface area contributed by atoms with Crippen LogP contribution in [0.5, 0.6) is 0 Å². The van der Waals surface area contributed by atoms with Crippen molar-refractivity contribution in [2.75, 3.05) is 39.8 Å². The summed E-state index contributed by atoms with van der Waals surface area (Å²) in [7, 11) is 2.18. The smallest absolute Gasteiger partial charge is 0.0948 e. The summed E-state index contributed by atoms with van der Waals surface area (Å²) < 4.78 is 0. The summed E-state index contributed by atoms with van der Waals surface area (Å²) in [4.78, 5) is 12.3. The van der Waals surface area contributed by atoms with E-state index in [0.29, 0.717) is 0 Å². The van der Waals surface area contributed by atoms with E-state index in [0.717, 1.165) is 63.4 Å². The van der Waals surface area contributed by atoms with Crippen LogP contribution >= 0.6 is 0 Å². The van der Waals surface area contributed by atoms with Crippen molar-refractivity contribution in [2.24, 2.45) is 16.1 Å². The molecule has 2 fully saturated rings. The number of aliphatic imine (C=N–C) groups is 1. The van der Waals surface area contributed by atoms with E-state index in [1.807, 2.05) is 6.92 Å². The summed E-state index contributed by atoms with van der Waals surface area (Å²) in [6.45, 7) is 14.6. The second-order valence-electron chi connectivity index (χ2n) is 11.4. The summed E-state index contributed by atoms with van der Waals surface area (Å²) in [5.74, 6) is 0. The van der Waals surface area contributed by atoms with Gasteiger partial charge >= 0.3 is 0 Å². The van der Waals surface area contributed by atoms with Gasteiger partial charge < -0.3 is 15.5 Å². The molecule has 1 aromatic rings. The molecule has 6 nitrogen and oxygen atoms in total. The number of rotatable bonds is 7. The van der Waals surface area contributed by atoms with Crippen molar-refractivity contribution in [3.8, 4) is 6.07 Å². The quantitative estimate of drug-likeness (QED) is 0.625. The van der Waals surface area contributed by atoms with Crippen molar-refractivity contribution < 1.29 is 0 Å². The maximum atomic E-state index is 9.59. The zero-order chi connectivity index (χ0) is 24.5.